The van der Waals surface area contributed by atoms with Crippen LogP contribution in [0.15, 0.2) is 53.4 Å². The zero-order valence-corrected chi connectivity index (χ0v) is 21.6. The van der Waals surface area contributed by atoms with Crippen molar-refractivity contribution in [1.82, 2.24) is 14.1 Å². The van der Waals surface area contributed by atoms with Gasteiger partial charge in [-0.15, -0.1) is 0 Å². The highest BCUT2D eigenvalue weighted by Crippen LogP contribution is 2.29. The molecule has 194 valence electrons. The normalized spacial score (nSPS) is 20.6. The summed E-state index contributed by atoms with van der Waals surface area (Å²) in [5.41, 5.74) is 1.62. The second-order valence-electron chi connectivity index (χ2n) is 9.44. The molecule has 36 heavy (non-hydrogen) atoms. The number of rotatable bonds is 3. The van der Waals surface area contributed by atoms with E-state index in [9.17, 15) is 22.4 Å². The molecule has 10 heteroatoms. The number of carbonyl (C=O) groups is 2. The first-order chi connectivity index (χ1) is 17.2. The minimum Gasteiger partial charge on any atom is -0.336 e. The van der Waals surface area contributed by atoms with Crippen LogP contribution in [0.5, 0.6) is 0 Å². The number of hydrogen-bond acceptors (Lipinski definition) is 5. The number of benzene rings is 2. The summed E-state index contributed by atoms with van der Waals surface area (Å²) in [5, 5.41) is 0. The largest absolute Gasteiger partial charge is 0.336 e. The van der Waals surface area contributed by atoms with Gasteiger partial charge in [-0.05, 0) is 68.8 Å². The lowest BCUT2D eigenvalue weighted by molar-refractivity contribution is -0.135. The quantitative estimate of drug-likeness (QED) is 0.627. The third-order valence-corrected chi connectivity index (χ3v) is 8.84. The molecule has 0 saturated carbocycles. The lowest BCUT2D eigenvalue weighted by Crippen LogP contribution is -2.49. The van der Waals surface area contributed by atoms with Crippen LogP contribution < -0.4 is 4.90 Å². The maximum Gasteiger partial charge on any atom is 0.243 e. The fourth-order valence-corrected chi connectivity index (χ4v) is 6.61. The molecule has 0 spiro atoms. The summed E-state index contributed by atoms with van der Waals surface area (Å²) >= 11 is 0. The predicted octanol–water partition coefficient (Wildman–Crippen LogP) is 2.70. The minimum absolute atomic E-state index is 0.0248. The molecule has 0 aliphatic carbocycles. The fraction of sp³-hybridized carbons (Fsp3) is 0.462. The summed E-state index contributed by atoms with van der Waals surface area (Å²) in [7, 11) is -1.98. The molecular weight excluding hydrogens is 483 g/mol. The Labute approximate surface area is 212 Å². The van der Waals surface area contributed by atoms with E-state index in [1.54, 1.807) is 16.7 Å². The van der Waals surface area contributed by atoms with E-state index in [4.69, 9.17) is 0 Å². The van der Waals surface area contributed by atoms with Crippen molar-refractivity contribution in [2.45, 2.75) is 43.7 Å². The Morgan fingerprint density at radius 1 is 0.917 bits per heavy atom. The van der Waals surface area contributed by atoms with Gasteiger partial charge in [0.15, 0.2) is 0 Å². The highest BCUT2D eigenvalue weighted by Gasteiger charge is 2.41. The molecule has 0 aromatic heterocycles. The first kappa shape index (κ1) is 26.2. The third-order valence-electron chi connectivity index (χ3n) is 6.92. The van der Waals surface area contributed by atoms with Gasteiger partial charge in [-0.3, -0.25) is 9.59 Å². The highest BCUT2D eigenvalue weighted by atomic mass is 32.2. The van der Waals surface area contributed by atoms with E-state index in [-0.39, 0.29) is 29.8 Å². The molecule has 0 N–H and O–H groups in total. The monoisotopic (exact) mass is 516 g/mol. The lowest BCUT2D eigenvalue weighted by Gasteiger charge is -2.32. The molecule has 0 bridgehead atoms. The maximum absolute atomic E-state index is 13.9. The Kier molecular flexibility index (Phi) is 8.07. The summed E-state index contributed by atoms with van der Waals surface area (Å²) in [6.45, 7) is 4.46. The molecule has 2 aliphatic heterocycles. The number of halogens is 1. The summed E-state index contributed by atoms with van der Waals surface area (Å²) in [5.74, 6) is -0.835. The number of sulfonamides is 1. The van der Waals surface area contributed by atoms with E-state index in [1.165, 1.54) is 16.4 Å². The van der Waals surface area contributed by atoms with E-state index >= 15 is 0 Å². The molecule has 1 unspecified atom stereocenters. The van der Waals surface area contributed by atoms with Crippen LogP contribution in [0.3, 0.4) is 0 Å². The first-order valence-electron chi connectivity index (χ1n) is 12.3. The molecule has 4 rings (SSSR count). The number of hydrogen-bond donors (Lipinski definition) is 0. The zero-order valence-electron chi connectivity index (χ0n) is 20.8. The van der Waals surface area contributed by atoms with Gasteiger partial charge in [-0.2, -0.15) is 4.31 Å². The van der Waals surface area contributed by atoms with E-state index in [1.807, 2.05) is 31.3 Å². The van der Waals surface area contributed by atoms with Crippen molar-refractivity contribution in [1.29, 1.82) is 0 Å². The molecule has 2 amide bonds. The Balaban J connectivity index is 1.65. The summed E-state index contributed by atoms with van der Waals surface area (Å²) < 4.78 is 41.4. The second kappa shape index (κ2) is 11.1. The van der Waals surface area contributed by atoms with Crippen LogP contribution in [0, 0.1) is 5.82 Å². The SMILES string of the molecule is CC(=O)N1CCCN(C)CCN(C(=O)C2CCCN2S(=O)(=O)c2ccc(F)cc2)Cc2ccccc21. The number of nitrogens with zero attached hydrogens (tertiary/aromatic N) is 4. The molecule has 1 fully saturated rings. The van der Waals surface area contributed by atoms with Crippen LogP contribution >= 0.6 is 0 Å². The third kappa shape index (κ3) is 5.61. The number of para-hydroxylation sites is 1. The molecule has 2 aromatic carbocycles. The van der Waals surface area contributed by atoms with Crippen molar-refractivity contribution < 1.29 is 22.4 Å². The van der Waals surface area contributed by atoms with Gasteiger partial charge < -0.3 is 14.7 Å². The van der Waals surface area contributed by atoms with Crippen molar-refractivity contribution in [2.24, 2.45) is 0 Å². The van der Waals surface area contributed by atoms with Crippen LogP contribution in [-0.2, 0) is 26.2 Å². The van der Waals surface area contributed by atoms with E-state index in [0.717, 1.165) is 36.3 Å². The number of anilines is 1. The predicted molar refractivity (Wildman–Crippen MR) is 135 cm³/mol. The van der Waals surface area contributed by atoms with E-state index in [0.29, 0.717) is 32.5 Å². The molecule has 2 heterocycles. The molecule has 2 aromatic rings. The van der Waals surface area contributed by atoms with Crippen molar-refractivity contribution in [3.63, 3.8) is 0 Å². The molecule has 1 atom stereocenters. The van der Waals surface area contributed by atoms with Crippen LogP contribution in [0.2, 0.25) is 0 Å². The number of amides is 2. The number of fused-ring (bicyclic) bond motifs is 1. The van der Waals surface area contributed by atoms with Gasteiger partial charge in [0.1, 0.15) is 11.9 Å². The lowest BCUT2D eigenvalue weighted by atomic mass is 10.1. The Hall–Kier alpha value is -2.82. The van der Waals surface area contributed by atoms with Crippen LogP contribution in [0.1, 0.15) is 31.7 Å². The van der Waals surface area contributed by atoms with E-state index < -0.39 is 21.9 Å². The van der Waals surface area contributed by atoms with Crippen molar-refractivity contribution in [3.05, 3.63) is 59.9 Å². The van der Waals surface area contributed by atoms with E-state index in [2.05, 4.69) is 4.90 Å². The van der Waals surface area contributed by atoms with Gasteiger partial charge in [0.2, 0.25) is 21.8 Å². The van der Waals surface area contributed by atoms with Crippen LogP contribution in [0.4, 0.5) is 10.1 Å². The molecular formula is C26H33FN4O4S. The fourth-order valence-electron chi connectivity index (χ4n) is 4.96. The minimum atomic E-state index is -3.96. The molecule has 0 radical (unpaired) electrons. The van der Waals surface area contributed by atoms with Crippen molar-refractivity contribution >= 4 is 27.5 Å². The van der Waals surface area contributed by atoms with Crippen LogP contribution in [0.25, 0.3) is 0 Å². The van der Waals surface area contributed by atoms with Crippen LogP contribution in [-0.4, -0.2) is 80.2 Å². The molecule has 8 nitrogen and oxygen atoms in total. The smallest absolute Gasteiger partial charge is 0.243 e. The number of likely N-dealkylation sites (N-methyl/N-ethyl adjacent to an activating group) is 1. The maximum atomic E-state index is 13.9. The van der Waals surface area contributed by atoms with Gasteiger partial charge in [0.25, 0.3) is 0 Å². The summed E-state index contributed by atoms with van der Waals surface area (Å²) in [6, 6.07) is 11.4. The topological polar surface area (TPSA) is 81.2 Å². The molecule has 2 aliphatic rings. The standard InChI is InChI=1S/C26H33FN4O4S/c1-20(32)30-15-6-14-28(2)17-18-29(19-21-7-3-4-8-24(21)30)26(33)25-9-5-16-31(25)36(34,35)23-12-10-22(27)11-13-23/h3-4,7-8,10-13,25H,5-6,9,14-19H2,1-2H3. The summed E-state index contributed by atoms with van der Waals surface area (Å²) in [4.78, 5) is 31.9. The van der Waals surface area contributed by atoms with Gasteiger partial charge >= 0.3 is 0 Å². The Morgan fingerprint density at radius 2 is 1.64 bits per heavy atom. The zero-order chi connectivity index (χ0) is 25.9. The average molecular weight is 517 g/mol. The van der Waals surface area contributed by atoms with Crippen molar-refractivity contribution in [3.8, 4) is 0 Å². The Bertz CT molecular complexity index is 1200. The number of carbonyl (C=O) groups excluding carboxylic acids is 2. The van der Waals surface area contributed by atoms with Gasteiger partial charge in [-0.1, -0.05) is 18.2 Å². The highest BCUT2D eigenvalue weighted by molar-refractivity contribution is 7.89. The summed E-state index contributed by atoms with van der Waals surface area (Å²) in [6.07, 6.45) is 1.79. The van der Waals surface area contributed by atoms with Gasteiger partial charge in [0, 0.05) is 45.3 Å². The average Bonchev–Trinajstić information content (AvgIpc) is 3.34. The molecule has 1 saturated heterocycles. The Morgan fingerprint density at radius 3 is 2.36 bits per heavy atom. The first-order valence-corrected chi connectivity index (χ1v) is 13.7. The van der Waals surface area contributed by atoms with Gasteiger partial charge in [-0.25, -0.2) is 12.8 Å². The second-order valence-corrected chi connectivity index (χ2v) is 11.3. The van der Waals surface area contributed by atoms with Gasteiger partial charge in [0.05, 0.1) is 4.90 Å². The van der Waals surface area contributed by atoms with Crippen molar-refractivity contribution in [2.75, 3.05) is 44.7 Å².